The van der Waals surface area contributed by atoms with Gasteiger partial charge in [-0.3, -0.25) is 0 Å². The van der Waals surface area contributed by atoms with Crippen LogP contribution >= 0.6 is 23.1 Å². The van der Waals surface area contributed by atoms with Gasteiger partial charge in [-0.1, -0.05) is 16.9 Å². The largest absolute Gasteiger partial charge is 0.461 e. The molecule has 0 atom stereocenters. The van der Waals surface area contributed by atoms with E-state index in [-0.39, 0.29) is 0 Å². The van der Waals surface area contributed by atoms with E-state index < -0.39 is 0 Å². The van der Waals surface area contributed by atoms with Crippen LogP contribution in [0, 0.1) is 20.8 Å². The fourth-order valence-corrected chi connectivity index (χ4v) is 4.63. The Morgan fingerprint density at radius 1 is 1.17 bits per heavy atom. The van der Waals surface area contributed by atoms with Gasteiger partial charge >= 0.3 is 0 Å². The van der Waals surface area contributed by atoms with Crippen molar-refractivity contribution < 1.29 is 8.94 Å². The van der Waals surface area contributed by atoms with E-state index >= 15 is 0 Å². The van der Waals surface area contributed by atoms with Gasteiger partial charge in [0.15, 0.2) is 5.76 Å². The smallest absolute Gasteiger partial charge is 0.202 e. The molecule has 4 heterocycles. The highest BCUT2D eigenvalue weighted by Crippen LogP contribution is 2.36. The monoisotopic (exact) mass is 357 g/mol. The van der Waals surface area contributed by atoms with Crippen molar-refractivity contribution in [1.29, 1.82) is 0 Å². The lowest BCUT2D eigenvalue weighted by atomic mass is 10.2. The van der Waals surface area contributed by atoms with Crippen LogP contribution in [0.2, 0.25) is 0 Å². The summed E-state index contributed by atoms with van der Waals surface area (Å²) < 4.78 is 10.7. The average Bonchev–Trinajstić information content (AvgIpc) is 3.26. The maximum Gasteiger partial charge on any atom is 0.202 e. The molecule has 0 unspecified atom stereocenters. The number of aryl methyl sites for hydroxylation is 3. The van der Waals surface area contributed by atoms with Crippen molar-refractivity contribution in [2.24, 2.45) is 0 Å². The Balaban J connectivity index is 1.61. The summed E-state index contributed by atoms with van der Waals surface area (Å²) in [5, 5.41) is 6.28. The average molecular weight is 357 g/mol. The predicted molar refractivity (Wildman–Crippen MR) is 95.4 cm³/mol. The van der Waals surface area contributed by atoms with Crippen molar-refractivity contribution in [1.82, 2.24) is 15.1 Å². The molecule has 7 heteroatoms. The SMILES string of the molecule is Cc1nc(SCc2cc(-c3ccco3)on2)c2c(C)c(C)sc2n1. The molecule has 0 radical (unpaired) electrons. The second-order valence-corrected chi connectivity index (χ2v) is 7.66. The molecule has 4 rings (SSSR count). The molecule has 0 aliphatic carbocycles. The van der Waals surface area contributed by atoms with Gasteiger partial charge in [0.05, 0.1) is 12.0 Å². The molecule has 0 aliphatic heterocycles. The number of furan rings is 1. The molecule has 0 saturated heterocycles. The number of thiophene rings is 1. The number of hydrogen-bond acceptors (Lipinski definition) is 7. The van der Waals surface area contributed by atoms with E-state index in [1.807, 2.05) is 25.1 Å². The number of fused-ring (bicyclic) bond motifs is 1. The molecular weight excluding hydrogens is 342 g/mol. The molecule has 4 aromatic rings. The zero-order valence-corrected chi connectivity index (χ0v) is 15.1. The van der Waals surface area contributed by atoms with Gasteiger partial charge in [-0.05, 0) is 38.5 Å². The molecular formula is C17H15N3O2S2. The Labute approximate surface area is 147 Å². The van der Waals surface area contributed by atoms with Crippen molar-refractivity contribution in [2.45, 2.75) is 31.6 Å². The molecule has 4 aromatic heterocycles. The Morgan fingerprint density at radius 3 is 2.83 bits per heavy atom. The minimum absolute atomic E-state index is 0.641. The van der Waals surface area contributed by atoms with Gasteiger partial charge < -0.3 is 8.94 Å². The van der Waals surface area contributed by atoms with Gasteiger partial charge in [-0.2, -0.15) is 0 Å². The highest BCUT2D eigenvalue weighted by atomic mass is 32.2. The minimum Gasteiger partial charge on any atom is -0.461 e. The first-order chi connectivity index (χ1) is 11.6. The van der Waals surface area contributed by atoms with E-state index in [0.29, 0.717) is 17.3 Å². The van der Waals surface area contributed by atoms with Crippen LogP contribution in [0.15, 0.2) is 38.4 Å². The third kappa shape index (κ3) is 2.74. The lowest BCUT2D eigenvalue weighted by Gasteiger charge is -2.03. The van der Waals surface area contributed by atoms with Crippen molar-refractivity contribution in [2.75, 3.05) is 0 Å². The summed E-state index contributed by atoms with van der Waals surface area (Å²) in [4.78, 5) is 11.5. The van der Waals surface area contributed by atoms with Crippen molar-refractivity contribution in [3.8, 4) is 11.5 Å². The molecule has 0 bridgehead atoms. The van der Waals surface area contributed by atoms with Gasteiger partial charge in [0, 0.05) is 22.1 Å². The van der Waals surface area contributed by atoms with E-state index in [4.69, 9.17) is 8.94 Å². The number of aromatic nitrogens is 3. The molecule has 0 spiro atoms. The summed E-state index contributed by atoms with van der Waals surface area (Å²) in [7, 11) is 0. The van der Waals surface area contributed by atoms with Gasteiger partial charge in [0.2, 0.25) is 5.76 Å². The summed E-state index contributed by atoms with van der Waals surface area (Å²) >= 11 is 3.38. The van der Waals surface area contributed by atoms with Crippen LogP contribution in [-0.4, -0.2) is 15.1 Å². The maximum absolute atomic E-state index is 5.35. The maximum atomic E-state index is 5.35. The van der Waals surface area contributed by atoms with Gasteiger partial charge in [-0.25, -0.2) is 9.97 Å². The summed E-state index contributed by atoms with van der Waals surface area (Å²) in [5.74, 6) is 2.80. The molecule has 0 amide bonds. The van der Waals surface area contributed by atoms with Crippen LogP contribution in [0.5, 0.6) is 0 Å². The van der Waals surface area contributed by atoms with Crippen LogP contribution in [0.1, 0.15) is 22.0 Å². The Bertz CT molecular complexity index is 1000. The quantitative estimate of drug-likeness (QED) is 0.371. The van der Waals surface area contributed by atoms with Crippen LogP contribution in [0.25, 0.3) is 21.7 Å². The molecule has 0 N–H and O–H groups in total. The predicted octanol–water partition coefficient (Wildman–Crippen LogP) is 5.16. The van der Waals surface area contributed by atoms with Crippen molar-refractivity contribution in [3.63, 3.8) is 0 Å². The standard InChI is InChI=1S/C17H15N3O2S2/c1-9-10(2)24-17-15(9)16(18-11(3)19-17)23-8-12-7-14(22-20-12)13-5-4-6-21-13/h4-7H,8H2,1-3H3. The van der Waals surface area contributed by atoms with Gasteiger partial charge in [0.25, 0.3) is 0 Å². The van der Waals surface area contributed by atoms with Gasteiger partial charge in [0.1, 0.15) is 15.7 Å². The van der Waals surface area contributed by atoms with Crippen LogP contribution in [0.3, 0.4) is 0 Å². The number of thioether (sulfide) groups is 1. The summed E-state index contributed by atoms with van der Waals surface area (Å²) in [6, 6.07) is 5.59. The fraction of sp³-hybridized carbons (Fsp3) is 0.235. The van der Waals surface area contributed by atoms with Crippen LogP contribution in [-0.2, 0) is 5.75 Å². The molecule has 0 fully saturated rings. The van der Waals surface area contributed by atoms with E-state index in [1.54, 1.807) is 29.4 Å². The first-order valence-corrected chi connectivity index (χ1v) is 9.28. The minimum atomic E-state index is 0.641. The molecule has 0 aliphatic rings. The molecule has 24 heavy (non-hydrogen) atoms. The van der Waals surface area contributed by atoms with E-state index in [1.165, 1.54) is 10.4 Å². The second kappa shape index (κ2) is 6.07. The molecule has 0 aromatic carbocycles. The molecule has 0 saturated carbocycles. The first-order valence-electron chi connectivity index (χ1n) is 7.48. The summed E-state index contributed by atoms with van der Waals surface area (Å²) in [5.41, 5.74) is 2.12. The zero-order chi connectivity index (χ0) is 16.7. The Morgan fingerprint density at radius 2 is 2.04 bits per heavy atom. The topological polar surface area (TPSA) is 65.0 Å². The lowest BCUT2D eigenvalue weighted by molar-refractivity contribution is 0.413. The highest BCUT2D eigenvalue weighted by molar-refractivity contribution is 7.98. The third-order valence-electron chi connectivity index (χ3n) is 3.79. The third-order valence-corrected chi connectivity index (χ3v) is 5.90. The Kier molecular flexibility index (Phi) is 3.90. The summed E-state index contributed by atoms with van der Waals surface area (Å²) in [6.07, 6.45) is 1.62. The first kappa shape index (κ1) is 15.4. The van der Waals surface area contributed by atoms with Crippen molar-refractivity contribution in [3.05, 3.63) is 46.4 Å². The molecule has 122 valence electrons. The van der Waals surface area contributed by atoms with Crippen LogP contribution in [0.4, 0.5) is 0 Å². The highest BCUT2D eigenvalue weighted by Gasteiger charge is 2.15. The van der Waals surface area contributed by atoms with Crippen molar-refractivity contribution >= 4 is 33.3 Å². The normalized spacial score (nSPS) is 11.5. The van der Waals surface area contributed by atoms with E-state index in [9.17, 15) is 0 Å². The number of nitrogens with zero attached hydrogens (tertiary/aromatic N) is 3. The van der Waals surface area contributed by atoms with Gasteiger partial charge in [-0.15, -0.1) is 11.3 Å². The zero-order valence-electron chi connectivity index (χ0n) is 13.5. The fourth-order valence-electron chi connectivity index (χ4n) is 2.48. The second-order valence-electron chi connectivity index (χ2n) is 5.49. The lowest BCUT2D eigenvalue weighted by Crippen LogP contribution is -1.92. The van der Waals surface area contributed by atoms with E-state index in [2.05, 4.69) is 29.0 Å². The Hall–Kier alpha value is -2.12. The van der Waals surface area contributed by atoms with Crippen LogP contribution < -0.4 is 0 Å². The molecule has 5 nitrogen and oxygen atoms in total. The number of rotatable bonds is 4. The van der Waals surface area contributed by atoms with E-state index in [0.717, 1.165) is 26.8 Å². The summed E-state index contributed by atoms with van der Waals surface area (Å²) in [6.45, 7) is 6.18. The number of hydrogen-bond donors (Lipinski definition) is 0.